The Morgan fingerprint density at radius 1 is 1.20 bits per heavy atom. The maximum absolute atomic E-state index is 12.6. The fourth-order valence-electron chi connectivity index (χ4n) is 1.94. The second-order valence-electron chi connectivity index (χ2n) is 4.60. The van der Waals surface area contributed by atoms with Crippen molar-refractivity contribution in [1.29, 1.82) is 0 Å². The molecule has 20 heavy (non-hydrogen) atoms. The molecule has 0 bridgehead atoms. The molecule has 1 heterocycles. The molecule has 1 aromatic carbocycles. The highest BCUT2D eigenvalue weighted by Crippen LogP contribution is 2.29. The number of nitrogens with one attached hydrogen (secondary N) is 1. The second kappa shape index (κ2) is 5.66. The summed E-state index contributed by atoms with van der Waals surface area (Å²) in [5.41, 5.74) is 1.69. The van der Waals surface area contributed by atoms with Crippen molar-refractivity contribution in [2.24, 2.45) is 0 Å². The van der Waals surface area contributed by atoms with Crippen molar-refractivity contribution in [2.75, 3.05) is 0 Å². The minimum Gasteiger partial charge on any atom is -0.361 e. The zero-order chi connectivity index (χ0) is 14.8. The van der Waals surface area contributed by atoms with Gasteiger partial charge in [0.05, 0.1) is 11.3 Å². The summed E-state index contributed by atoms with van der Waals surface area (Å²) in [7, 11) is 0. The first-order valence-corrected chi connectivity index (χ1v) is 6.16. The topological polar surface area (TPSA) is 38.1 Å². The molecule has 6 heteroatoms. The van der Waals surface area contributed by atoms with Crippen molar-refractivity contribution in [1.82, 2.24) is 10.5 Å². The van der Waals surface area contributed by atoms with Crippen molar-refractivity contribution >= 4 is 0 Å². The number of rotatable bonds is 4. The normalized spacial score (nSPS) is 11.8. The molecule has 3 nitrogen and oxygen atoms in total. The van der Waals surface area contributed by atoms with Crippen LogP contribution in [0.25, 0.3) is 0 Å². The van der Waals surface area contributed by atoms with E-state index in [9.17, 15) is 13.2 Å². The third-order valence-corrected chi connectivity index (χ3v) is 3.07. The van der Waals surface area contributed by atoms with Crippen LogP contribution in [-0.4, -0.2) is 5.16 Å². The van der Waals surface area contributed by atoms with Crippen LogP contribution in [0.5, 0.6) is 0 Å². The molecule has 0 saturated heterocycles. The molecule has 0 amide bonds. The number of benzene rings is 1. The van der Waals surface area contributed by atoms with E-state index in [0.29, 0.717) is 18.7 Å². The first-order valence-electron chi connectivity index (χ1n) is 6.16. The summed E-state index contributed by atoms with van der Waals surface area (Å²) in [5.74, 6) is 0.721. The van der Waals surface area contributed by atoms with Gasteiger partial charge in [0.2, 0.25) is 0 Å². The average molecular weight is 284 g/mol. The lowest BCUT2D eigenvalue weighted by Crippen LogP contribution is -2.14. The Kier molecular flexibility index (Phi) is 4.13. The number of aromatic nitrogens is 1. The summed E-state index contributed by atoms with van der Waals surface area (Å²) in [6, 6.07) is 5.30. The van der Waals surface area contributed by atoms with Gasteiger partial charge in [-0.05, 0) is 25.5 Å². The third kappa shape index (κ3) is 3.39. The molecule has 108 valence electrons. The van der Waals surface area contributed by atoms with E-state index in [1.807, 2.05) is 6.92 Å². The molecule has 0 aliphatic carbocycles. The fourth-order valence-corrected chi connectivity index (χ4v) is 1.94. The van der Waals surface area contributed by atoms with E-state index in [-0.39, 0.29) is 0 Å². The van der Waals surface area contributed by atoms with Crippen LogP contribution in [0.4, 0.5) is 13.2 Å². The van der Waals surface area contributed by atoms with Crippen molar-refractivity contribution in [3.8, 4) is 0 Å². The van der Waals surface area contributed by atoms with Gasteiger partial charge < -0.3 is 9.84 Å². The number of hydrogen-bond acceptors (Lipinski definition) is 3. The number of halogens is 3. The van der Waals surface area contributed by atoms with Gasteiger partial charge in [0.15, 0.2) is 0 Å². The zero-order valence-electron chi connectivity index (χ0n) is 11.2. The average Bonchev–Trinajstić information content (AvgIpc) is 2.70. The van der Waals surface area contributed by atoms with Gasteiger partial charge in [-0.25, -0.2) is 0 Å². The molecule has 0 radical (unpaired) electrons. The third-order valence-electron chi connectivity index (χ3n) is 3.07. The summed E-state index contributed by atoms with van der Waals surface area (Å²) in [5, 5.41) is 6.92. The van der Waals surface area contributed by atoms with Crippen molar-refractivity contribution < 1.29 is 17.7 Å². The van der Waals surface area contributed by atoms with E-state index >= 15 is 0 Å². The minimum absolute atomic E-state index is 0.355. The maximum atomic E-state index is 12.6. The first-order chi connectivity index (χ1) is 9.38. The summed E-state index contributed by atoms with van der Waals surface area (Å²) in [6.45, 7) is 4.50. The van der Waals surface area contributed by atoms with Crippen LogP contribution in [0.2, 0.25) is 0 Å². The van der Waals surface area contributed by atoms with Gasteiger partial charge in [-0.2, -0.15) is 13.2 Å². The molecule has 2 rings (SSSR count). The molecule has 0 unspecified atom stereocenters. The van der Waals surface area contributed by atoms with Crippen LogP contribution in [-0.2, 0) is 19.3 Å². The Bertz CT molecular complexity index is 571. The second-order valence-corrected chi connectivity index (χ2v) is 4.60. The SMILES string of the molecule is Cc1noc(C)c1CNCc1cccc(C(F)(F)F)c1. The van der Waals surface area contributed by atoms with Crippen molar-refractivity contribution in [3.05, 3.63) is 52.4 Å². The largest absolute Gasteiger partial charge is 0.416 e. The predicted octanol–water partition coefficient (Wildman–Crippen LogP) is 3.60. The van der Waals surface area contributed by atoms with E-state index in [1.54, 1.807) is 13.0 Å². The number of hydrogen-bond donors (Lipinski definition) is 1. The standard InChI is InChI=1S/C14H15F3N2O/c1-9-13(10(2)20-19-9)8-18-7-11-4-3-5-12(6-11)14(15,16)17/h3-6,18H,7-8H2,1-2H3. The Morgan fingerprint density at radius 3 is 2.55 bits per heavy atom. The Labute approximate surface area is 114 Å². The molecule has 2 aromatic rings. The molecule has 0 fully saturated rings. The van der Waals surface area contributed by atoms with Crippen LogP contribution in [0.15, 0.2) is 28.8 Å². The highest BCUT2D eigenvalue weighted by atomic mass is 19.4. The molecule has 0 saturated carbocycles. The van der Waals surface area contributed by atoms with Crippen LogP contribution < -0.4 is 5.32 Å². The smallest absolute Gasteiger partial charge is 0.361 e. The lowest BCUT2D eigenvalue weighted by Gasteiger charge is -2.09. The molecular weight excluding hydrogens is 269 g/mol. The Hall–Kier alpha value is -1.82. The lowest BCUT2D eigenvalue weighted by atomic mass is 10.1. The van der Waals surface area contributed by atoms with E-state index in [2.05, 4.69) is 10.5 Å². The summed E-state index contributed by atoms with van der Waals surface area (Å²) in [6.07, 6.45) is -4.31. The fraction of sp³-hybridized carbons (Fsp3) is 0.357. The summed E-state index contributed by atoms with van der Waals surface area (Å²) >= 11 is 0. The zero-order valence-corrected chi connectivity index (χ0v) is 11.2. The maximum Gasteiger partial charge on any atom is 0.416 e. The lowest BCUT2D eigenvalue weighted by molar-refractivity contribution is -0.137. The van der Waals surface area contributed by atoms with Gasteiger partial charge in [-0.15, -0.1) is 0 Å². The molecule has 0 spiro atoms. The van der Waals surface area contributed by atoms with Crippen molar-refractivity contribution in [3.63, 3.8) is 0 Å². The van der Waals surface area contributed by atoms with Gasteiger partial charge in [-0.3, -0.25) is 0 Å². The number of aryl methyl sites for hydroxylation is 2. The predicted molar refractivity (Wildman–Crippen MR) is 68.0 cm³/mol. The van der Waals surface area contributed by atoms with Gasteiger partial charge in [0, 0.05) is 18.7 Å². The number of alkyl halides is 3. The van der Waals surface area contributed by atoms with Crippen LogP contribution in [0.3, 0.4) is 0 Å². The van der Waals surface area contributed by atoms with Gasteiger partial charge in [0.1, 0.15) is 5.76 Å². The summed E-state index contributed by atoms with van der Waals surface area (Å²) in [4.78, 5) is 0. The monoisotopic (exact) mass is 284 g/mol. The quantitative estimate of drug-likeness (QED) is 0.932. The van der Waals surface area contributed by atoms with E-state index < -0.39 is 11.7 Å². The van der Waals surface area contributed by atoms with Crippen LogP contribution in [0.1, 0.15) is 28.1 Å². The van der Waals surface area contributed by atoms with E-state index in [4.69, 9.17) is 4.52 Å². The van der Waals surface area contributed by atoms with Gasteiger partial charge >= 0.3 is 6.18 Å². The molecule has 0 atom stereocenters. The molecular formula is C14H15F3N2O. The van der Waals surface area contributed by atoms with E-state index in [0.717, 1.165) is 29.2 Å². The highest BCUT2D eigenvalue weighted by Gasteiger charge is 2.30. The highest BCUT2D eigenvalue weighted by molar-refractivity contribution is 5.26. The van der Waals surface area contributed by atoms with Crippen LogP contribution >= 0.6 is 0 Å². The Morgan fingerprint density at radius 2 is 1.95 bits per heavy atom. The van der Waals surface area contributed by atoms with Crippen molar-refractivity contribution in [2.45, 2.75) is 33.1 Å². The first kappa shape index (κ1) is 14.6. The van der Waals surface area contributed by atoms with Gasteiger partial charge in [-0.1, -0.05) is 23.4 Å². The molecule has 0 aliphatic heterocycles. The Balaban J connectivity index is 1.98. The minimum atomic E-state index is -4.31. The van der Waals surface area contributed by atoms with Crippen LogP contribution in [0, 0.1) is 13.8 Å². The van der Waals surface area contributed by atoms with Gasteiger partial charge in [0.25, 0.3) is 0 Å². The molecule has 1 N–H and O–H groups in total. The molecule has 0 aliphatic rings. The number of nitrogens with zero attached hydrogens (tertiary/aromatic N) is 1. The summed E-state index contributed by atoms with van der Waals surface area (Å²) < 4.78 is 42.8. The molecule has 1 aromatic heterocycles. The van der Waals surface area contributed by atoms with E-state index in [1.165, 1.54) is 6.07 Å².